The molecule has 0 aliphatic carbocycles. The summed E-state index contributed by atoms with van der Waals surface area (Å²) in [5.74, 6) is -0.924. The van der Waals surface area contributed by atoms with Crippen molar-refractivity contribution in [3.05, 3.63) is 21.4 Å². The lowest BCUT2D eigenvalue weighted by Crippen LogP contribution is -2.05. The van der Waals surface area contributed by atoms with Crippen LogP contribution in [-0.2, 0) is 6.54 Å². The van der Waals surface area contributed by atoms with E-state index in [1.54, 1.807) is 6.07 Å². The monoisotopic (exact) mass is 187 g/mol. The molecule has 3 N–H and O–H groups in total. The third-order valence-corrected chi connectivity index (χ3v) is 2.58. The van der Waals surface area contributed by atoms with E-state index in [1.807, 2.05) is 12.4 Å². The molecule has 0 fully saturated rings. The Bertz CT molecular complexity index is 295. The summed E-state index contributed by atoms with van der Waals surface area (Å²) in [6.07, 6.45) is 0. The van der Waals surface area contributed by atoms with Crippen LogP contribution in [0.2, 0.25) is 0 Å². The Hall–Kier alpha value is -0.910. The summed E-state index contributed by atoms with van der Waals surface area (Å²) in [6.45, 7) is 2.11. The van der Waals surface area contributed by atoms with Crippen LogP contribution in [-0.4, -0.2) is 16.3 Å². The number of nitrogens with one attached hydrogen (secondary N) is 1. The number of thiophene rings is 1. The molecular weight excluding hydrogens is 178 g/mol. The van der Waals surface area contributed by atoms with Crippen LogP contribution in [0.25, 0.3) is 0 Å². The van der Waals surface area contributed by atoms with Gasteiger partial charge in [0, 0.05) is 11.4 Å². The lowest BCUT2D eigenvalue weighted by Gasteiger charge is -1.93. The fourth-order valence-electron chi connectivity index (χ4n) is 0.886. The summed E-state index contributed by atoms with van der Waals surface area (Å²) in [7, 11) is 0. The maximum absolute atomic E-state index is 10.5. The van der Waals surface area contributed by atoms with Gasteiger partial charge in [-0.3, -0.25) is 0 Å². The fourth-order valence-corrected chi connectivity index (χ4v) is 1.77. The molecule has 0 spiro atoms. The van der Waals surface area contributed by atoms with E-state index in [2.05, 4.69) is 0 Å². The van der Waals surface area contributed by atoms with Gasteiger partial charge in [-0.15, -0.1) is 11.3 Å². The van der Waals surface area contributed by atoms with E-state index in [9.17, 15) is 4.79 Å². The van der Waals surface area contributed by atoms with E-state index < -0.39 is 5.97 Å². The van der Waals surface area contributed by atoms with E-state index in [0.29, 0.717) is 4.88 Å². The molecule has 5 heteroatoms. The largest absolute Gasteiger partial charge is 0.477 e. The van der Waals surface area contributed by atoms with Gasteiger partial charge in [0.05, 0.1) is 0 Å². The molecule has 66 valence electrons. The van der Waals surface area contributed by atoms with Gasteiger partial charge in [0.2, 0.25) is 0 Å². The predicted octanol–water partition coefficient (Wildman–Crippen LogP) is 1.23. The SMILES string of the molecule is Cc1sc(C(=O)O)cc1CNO. The van der Waals surface area contributed by atoms with Crippen molar-refractivity contribution in [3.8, 4) is 0 Å². The van der Waals surface area contributed by atoms with E-state index >= 15 is 0 Å². The number of aromatic carboxylic acids is 1. The molecule has 1 heterocycles. The Kier molecular flexibility index (Phi) is 2.80. The van der Waals surface area contributed by atoms with E-state index in [1.165, 1.54) is 11.3 Å². The first-order valence-corrected chi connectivity index (χ1v) is 4.16. The van der Waals surface area contributed by atoms with E-state index in [4.69, 9.17) is 10.3 Å². The maximum Gasteiger partial charge on any atom is 0.345 e. The third kappa shape index (κ3) is 1.82. The molecule has 0 aliphatic rings. The summed E-state index contributed by atoms with van der Waals surface area (Å²) in [6, 6.07) is 1.56. The Morgan fingerprint density at radius 2 is 2.42 bits per heavy atom. The first kappa shape index (κ1) is 9.18. The molecule has 0 saturated carbocycles. The number of carboxylic acid groups (broad SMARTS) is 1. The van der Waals surface area contributed by atoms with Gasteiger partial charge in [0.25, 0.3) is 0 Å². The highest BCUT2D eigenvalue weighted by atomic mass is 32.1. The molecule has 4 nitrogen and oxygen atoms in total. The molecule has 0 bridgehead atoms. The maximum atomic E-state index is 10.5. The van der Waals surface area contributed by atoms with Crippen molar-refractivity contribution >= 4 is 17.3 Å². The summed E-state index contributed by atoms with van der Waals surface area (Å²) >= 11 is 1.21. The number of hydroxylamine groups is 1. The molecular formula is C7H9NO3S. The van der Waals surface area contributed by atoms with Gasteiger partial charge in [0.1, 0.15) is 4.88 Å². The molecule has 0 aromatic carbocycles. The molecule has 0 aliphatic heterocycles. The third-order valence-electron chi connectivity index (χ3n) is 1.50. The van der Waals surface area contributed by atoms with Gasteiger partial charge in [-0.1, -0.05) is 0 Å². The zero-order chi connectivity index (χ0) is 9.14. The van der Waals surface area contributed by atoms with Crippen LogP contribution in [0.3, 0.4) is 0 Å². The molecule has 0 saturated heterocycles. The number of carboxylic acids is 1. The zero-order valence-electron chi connectivity index (χ0n) is 6.50. The minimum Gasteiger partial charge on any atom is -0.477 e. The topological polar surface area (TPSA) is 69.6 Å². The van der Waals surface area contributed by atoms with Crippen molar-refractivity contribution in [1.82, 2.24) is 5.48 Å². The van der Waals surface area contributed by atoms with Crippen molar-refractivity contribution in [2.45, 2.75) is 13.5 Å². The zero-order valence-corrected chi connectivity index (χ0v) is 7.31. The quantitative estimate of drug-likeness (QED) is 0.622. The standard InChI is InChI=1S/C7H9NO3S/c1-4-5(3-8-11)2-6(12-4)7(9)10/h2,8,11H,3H2,1H3,(H,9,10). The van der Waals surface area contributed by atoms with Crippen molar-refractivity contribution in [1.29, 1.82) is 0 Å². The van der Waals surface area contributed by atoms with Gasteiger partial charge in [-0.25, -0.2) is 10.3 Å². The summed E-state index contributed by atoms with van der Waals surface area (Å²) in [4.78, 5) is 11.7. The van der Waals surface area contributed by atoms with Crippen LogP contribution in [0.5, 0.6) is 0 Å². The minimum absolute atomic E-state index is 0.287. The van der Waals surface area contributed by atoms with Gasteiger partial charge in [0.15, 0.2) is 0 Å². The Labute approximate surface area is 73.4 Å². The van der Waals surface area contributed by atoms with Crippen molar-refractivity contribution in [2.24, 2.45) is 0 Å². The first-order chi connectivity index (χ1) is 5.65. The van der Waals surface area contributed by atoms with Crippen molar-refractivity contribution < 1.29 is 15.1 Å². The molecule has 0 atom stereocenters. The van der Waals surface area contributed by atoms with Gasteiger partial charge in [-0.2, -0.15) is 0 Å². The molecule has 0 amide bonds. The lowest BCUT2D eigenvalue weighted by atomic mass is 10.2. The highest BCUT2D eigenvalue weighted by molar-refractivity contribution is 7.14. The van der Waals surface area contributed by atoms with Gasteiger partial charge in [-0.05, 0) is 18.6 Å². The molecule has 1 rings (SSSR count). The molecule has 0 unspecified atom stereocenters. The molecule has 0 radical (unpaired) electrons. The highest BCUT2D eigenvalue weighted by Crippen LogP contribution is 2.21. The first-order valence-electron chi connectivity index (χ1n) is 3.34. The second-order valence-corrected chi connectivity index (χ2v) is 3.59. The van der Waals surface area contributed by atoms with Crippen LogP contribution in [0, 0.1) is 6.92 Å². The van der Waals surface area contributed by atoms with Crippen LogP contribution in [0.1, 0.15) is 20.1 Å². The molecule has 12 heavy (non-hydrogen) atoms. The average molecular weight is 187 g/mol. The number of aryl methyl sites for hydroxylation is 1. The fraction of sp³-hybridized carbons (Fsp3) is 0.286. The van der Waals surface area contributed by atoms with E-state index in [0.717, 1.165) is 10.4 Å². The summed E-state index contributed by atoms with van der Waals surface area (Å²) in [5.41, 5.74) is 2.81. The number of hydrogen-bond donors (Lipinski definition) is 3. The van der Waals surface area contributed by atoms with Crippen molar-refractivity contribution in [3.63, 3.8) is 0 Å². The normalized spacial score (nSPS) is 10.2. The van der Waals surface area contributed by atoms with Crippen LogP contribution in [0.4, 0.5) is 0 Å². The Balaban J connectivity index is 2.92. The Morgan fingerprint density at radius 1 is 1.75 bits per heavy atom. The van der Waals surface area contributed by atoms with Crippen LogP contribution in [0.15, 0.2) is 6.07 Å². The number of carbonyl (C=O) groups is 1. The molecule has 1 aromatic rings. The summed E-state index contributed by atoms with van der Waals surface area (Å²) < 4.78 is 0. The summed E-state index contributed by atoms with van der Waals surface area (Å²) in [5, 5.41) is 17.0. The predicted molar refractivity (Wildman–Crippen MR) is 44.6 cm³/mol. The molecule has 1 aromatic heterocycles. The second kappa shape index (κ2) is 3.66. The van der Waals surface area contributed by atoms with Crippen LogP contribution < -0.4 is 5.48 Å². The van der Waals surface area contributed by atoms with E-state index in [-0.39, 0.29) is 6.54 Å². The van der Waals surface area contributed by atoms with Gasteiger partial charge >= 0.3 is 5.97 Å². The number of rotatable bonds is 3. The minimum atomic E-state index is -0.924. The highest BCUT2D eigenvalue weighted by Gasteiger charge is 2.09. The van der Waals surface area contributed by atoms with Crippen molar-refractivity contribution in [2.75, 3.05) is 0 Å². The average Bonchev–Trinajstić information content (AvgIpc) is 2.34. The number of hydrogen-bond acceptors (Lipinski definition) is 4. The second-order valence-electron chi connectivity index (χ2n) is 2.33. The Morgan fingerprint density at radius 3 is 2.83 bits per heavy atom. The smallest absolute Gasteiger partial charge is 0.345 e. The van der Waals surface area contributed by atoms with Crippen LogP contribution >= 0.6 is 11.3 Å². The van der Waals surface area contributed by atoms with Gasteiger partial charge < -0.3 is 10.3 Å². The lowest BCUT2D eigenvalue weighted by molar-refractivity contribution is 0.0702.